The van der Waals surface area contributed by atoms with Crippen molar-refractivity contribution in [3.8, 4) is 11.4 Å². The molecule has 0 bridgehead atoms. The largest absolute Gasteiger partial charge is 0.497 e. The van der Waals surface area contributed by atoms with Gasteiger partial charge in [0.1, 0.15) is 11.6 Å². The third kappa shape index (κ3) is 3.51. The molecule has 0 amide bonds. The Labute approximate surface area is 179 Å². The maximum absolute atomic E-state index is 14.0. The van der Waals surface area contributed by atoms with E-state index in [-0.39, 0.29) is 0 Å². The highest BCUT2D eigenvalue weighted by Gasteiger charge is 2.56. The normalized spacial score (nSPS) is 13.9. The summed E-state index contributed by atoms with van der Waals surface area (Å²) in [6, 6.07) is 13.2. The summed E-state index contributed by atoms with van der Waals surface area (Å²) in [5.74, 6) is -0.234. The molecule has 31 heavy (non-hydrogen) atoms. The summed E-state index contributed by atoms with van der Waals surface area (Å²) in [6.45, 7) is 0. The maximum atomic E-state index is 14.0. The molecule has 1 atom stereocenters. The van der Waals surface area contributed by atoms with Crippen LogP contribution in [0, 0.1) is 5.82 Å². The molecule has 9 heteroatoms. The number of alkyl halides is 3. The molecule has 4 rings (SSSR count). The Morgan fingerprint density at radius 1 is 0.968 bits per heavy atom. The first-order valence-electron chi connectivity index (χ1n) is 9.02. The van der Waals surface area contributed by atoms with Crippen molar-refractivity contribution in [3.63, 3.8) is 0 Å². The van der Waals surface area contributed by atoms with E-state index in [9.17, 15) is 22.7 Å². The van der Waals surface area contributed by atoms with Gasteiger partial charge in [-0.2, -0.15) is 18.3 Å². The van der Waals surface area contributed by atoms with Gasteiger partial charge in [0.25, 0.3) is 0 Å². The molecule has 1 N–H and O–H groups in total. The Morgan fingerprint density at radius 2 is 1.61 bits per heavy atom. The van der Waals surface area contributed by atoms with E-state index in [4.69, 9.17) is 16.3 Å². The van der Waals surface area contributed by atoms with Gasteiger partial charge < -0.3 is 9.84 Å². The number of rotatable bonds is 4. The molecule has 0 saturated carbocycles. The average Bonchev–Trinajstić information content (AvgIpc) is 3.17. The van der Waals surface area contributed by atoms with Crippen molar-refractivity contribution in [2.45, 2.75) is 11.8 Å². The summed E-state index contributed by atoms with van der Waals surface area (Å²) in [5, 5.41) is 14.9. The van der Waals surface area contributed by atoms with Gasteiger partial charge in [-0.3, -0.25) is 0 Å². The lowest BCUT2D eigenvalue weighted by atomic mass is 9.85. The molecule has 0 aliphatic rings. The number of hydrogen-bond donors (Lipinski definition) is 1. The molecule has 0 aliphatic heterocycles. The monoisotopic (exact) mass is 450 g/mol. The zero-order chi connectivity index (χ0) is 22.4. The fourth-order valence-electron chi connectivity index (χ4n) is 3.40. The van der Waals surface area contributed by atoms with Gasteiger partial charge in [-0.25, -0.2) is 9.07 Å². The second-order valence-corrected chi connectivity index (χ2v) is 7.27. The van der Waals surface area contributed by atoms with Gasteiger partial charge in [-0.1, -0.05) is 23.7 Å². The van der Waals surface area contributed by atoms with Crippen molar-refractivity contribution < 1.29 is 27.4 Å². The highest BCUT2D eigenvalue weighted by Crippen LogP contribution is 2.45. The van der Waals surface area contributed by atoms with Gasteiger partial charge in [0.05, 0.1) is 29.5 Å². The minimum Gasteiger partial charge on any atom is -0.497 e. The van der Waals surface area contributed by atoms with Crippen LogP contribution in [-0.2, 0) is 5.60 Å². The molecule has 0 spiro atoms. The molecule has 1 aromatic heterocycles. The first kappa shape index (κ1) is 21.1. The van der Waals surface area contributed by atoms with Crippen molar-refractivity contribution in [2.24, 2.45) is 0 Å². The number of hydrogen-bond acceptors (Lipinski definition) is 3. The Kier molecular flexibility index (Phi) is 5.15. The number of benzene rings is 3. The van der Waals surface area contributed by atoms with Crippen LogP contribution in [0.4, 0.5) is 17.6 Å². The molecule has 0 radical (unpaired) electrons. The molecular formula is C22H15ClF4N2O2. The predicted molar refractivity (Wildman–Crippen MR) is 108 cm³/mol. The summed E-state index contributed by atoms with van der Waals surface area (Å²) in [7, 11) is 1.54. The number of ether oxygens (including phenoxy) is 1. The van der Waals surface area contributed by atoms with Crippen molar-refractivity contribution >= 4 is 22.5 Å². The molecule has 160 valence electrons. The first-order valence-corrected chi connectivity index (χ1v) is 9.40. The van der Waals surface area contributed by atoms with Crippen LogP contribution in [-0.4, -0.2) is 28.2 Å². The second-order valence-electron chi connectivity index (χ2n) is 6.87. The zero-order valence-electron chi connectivity index (χ0n) is 16.0. The standard InChI is InChI=1S/C22H15ClF4N2O2/c1-31-17-6-4-16(5-7-17)29-20-9-3-14(10-13(20)12-28-29)21(30,22(25,26)27)15-2-8-19(24)18(23)11-15/h2-12,30H,1H3. The quantitative estimate of drug-likeness (QED) is 0.410. The average molecular weight is 451 g/mol. The molecule has 0 aliphatic carbocycles. The van der Waals surface area contributed by atoms with Crippen LogP contribution in [0.3, 0.4) is 0 Å². The minimum absolute atomic E-state index is 0.379. The summed E-state index contributed by atoms with van der Waals surface area (Å²) >= 11 is 5.67. The number of nitrogens with zero attached hydrogens (tertiary/aromatic N) is 2. The summed E-state index contributed by atoms with van der Waals surface area (Å²) < 4.78 is 62.3. The van der Waals surface area contributed by atoms with E-state index in [0.29, 0.717) is 22.3 Å². The van der Waals surface area contributed by atoms with Gasteiger partial charge >= 0.3 is 6.18 Å². The highest BCUT2D eigenvalue weighted by atomic mass is 35.5. The lowest BCUT2D eigenvalue weighted by molar-refractivity contribution is -0.248. The highest BCUT2D eigenvalue weighted by molar-refractivity contribution is 6.30. The van der Waals surface area contributed by atoms with Crippen LogP contribution in [0.5, 0.6) is 5.75 Å². The molecule has 4 nitrogen and oxygen atoms in total. The van der Waals surface area contributed by atoms with E-state index >= 15 is 0 Å². The Hall–Kier alpha value is -3.10. The lowest BCUT2D eigenvalue weighted by Gasteiger charge is -2.31. The predicted octanol–water partition coefficient (Wildman–Crippen LogP) is 5.62. The summed E-state index contributed by atoms with van der Waals surface area (Å²) in [5.41, 5.74) is -3.20. The van der Waals surface area contributed by atoms with Crippen molar-refractivity contribution in [2.75, 3.05) is 7.11 Å². The number of aromatic nitrogens is 2. The van der Waals surface area contributed by atoms with Gasteiger partial charge in [0.2, 0.25) is 5.60 Å². The zero-order valence-corrected chi connectivity index (χ0v) is 16.7. The summed E-state index contributed by atoms with van der Waals surface area (Å²) in [6.07, 6.45) is -3.69. The minimum atomic E-state index is -5.09. The number of aliphatic hydroxyl groups is 1. The van der Waals surface area contributed by atoms with E-state index in [0.717, 1.165) is 24.3 Å². The second kappa shape index (κ2) is 7.55. The smallest absolute Gasteiger partial charge is 0.425 e. The molecule has 4 aromatic rings. The maximum Gasteiger partial charge on any atom is 0.425 e. The van der Waals surface area contributed by atoms with E-state index in [1.165, 1.54) is 25.4 Å². The van der Waals surface area contributed by atoms with E-state index in [2.05, 4.69) is 5.10 Å². The topological polar surface area (TPSA) is 47.3 Å². The van der Waals surface area contributed by atoms with Gasteiger partial charge in [-0.05, 0) is 59.7 Å². The van der Waals surface area contributed by atoms with E-state index in [1.807, 2.05) is 0 Å². The van der Waals surface area contributed by atoms with Crippen LogP contribution in [0.15, 0.2) is 66.9 Å². The van der Waals surface area contributed by atoms with E-state index < -0.39 is 33.7 Å². The fraction of sp³-hybridized carbons (Fsp3) is 0.136. The Bertz CT molecular complexity index is 1250. The first-order chi connectivity index (χ1) is 14.6. The molecule has 0 saturated heterocycles. The van der Waals surface area contributed by atoms with Crippen LogP contribution in [0.2, 0.25) is 5.02 Å². The van der Waals surface area contributed by atoms with Crippen LogP contribution < -0.4 is 4.74 Å². The van der Waals surface area contributed by atoms with Crippen molar-refractivity contribution in [3.05, 3.63) is 88.8 Å². The van der Waals surface area contributed by atoms with Gasteiger partial charge in [0.15, 0.2) is 0 Å². The SMILES string of the molecule is COc1ccc(-n2ncc3cc(C(O)(c4ccc(F)c(Cl)c4)C(F)(F)F)ccc32)cc1. The third-order valence-electron chi connectivity index (χ3n) is 5.05. The Morgan fingerprint density at radius 3 is 2.23 bits per heavy atom. The Balaban J connectivity index is 1.84. The lowest BCUT2D eigenvalue weighted by Crippen LogP contribution is -2.43. The van der Waals surface area contributed by atoms with Crippen molar-refractivity contribution in [1.82, 2.24) is 9.78 Å². The van der Waals surface area contributed by atoms with Crippen molar-refractivity contribution in [1.29, 1.82) is 0 Å². The van der Waals surface area contributed by atoms with Crippen LogP contribution >= 0.6 is 11.6 Å². The molecular weight excluding hydrogens is 436 g/mol. The molecule has 0 fully saturated rings. The number of halogens is 5. The van der Waals surface area contributed by atoms with Crippen LogP contribution in [0.25, 0.3) is 16.6 Å². The number of fused-ring (bicyclic) bond motifs is 1. The van der Waals surface area contributed by atoms with Gasteiger partial charge in [0, 0.05) is 5.39 Å². The third-order valence-corrected chi connectivity index (χ3v) is 5.34. The van der Waals surface area contributed by atoms with Gasteiger partial charge in [-0.15, -0.1) is 0 Å². The molecule has 1 heterocycles. The molecule has 1 unspecified atom stereocenters. The van der Waals surface area contributed by atoms with Crippen LogP contribution in [0.1, 0.15) is 11.1 Å². The number of methoxy groups -OCH3 is 1. The van der Waals surface area contributed by atoms with E-state index in [1.54, 1.807) is 28.9 Å². The summed E-state index contributed by atoms with van der Waals surface area (Å²) in [4.78, 5) is 0. The fourth-order valence-corrected chi connectivity index (χ4v) is 3.58. The molecule has 3 aromatic carbocycles.